The Hall–Kier alpha value is -0.690. The van der Waals surface area contributed by atoms with Gasteiger partial charge in [0.15, 0.2) is 0 Å². The number of nitrogens with zero attached hydrogens (tertiary/aromatic N) is 1. The number of hydrogen-bond acceptors (Lipinski definition) is 3. The summed E-state index contributed by atoms with van der Waals surface area (Å²) in [7, 11) is 0. The zero-order valence-electron chi connectivity index (χ0n) is 9.66. The minimum atomic E-state index is -1.25. The van der Waals surface area contributed by atoms with Gasteiger partial charge in [-0.05, 0) is 25.2 Å². The smallest absolute Gasteiger partial charge is 0.122 e. The first-order valence-corrected chi connectivity index (χ1v) is 6.64. The Morgan fingerprint density at radius 1 is 1.62 bits per heavy atom. The molecule has 1 heterocycles. The standard InChI is InChI=1S/C12H17FN2S/c1-7(2)12(13)5-3-4-9-10(12)8(6-14)11(15)16-9/h7,9-10H,3-5,15H2,1-2H3. The summed E-state index contributed by atoms with van der Waals surface area (Å²) in [6.45, 7) is 3.80. The van der Waals surface area contributed by atoms with Gasteiger partial charge in [0.25, 0.3) is 0 Å². The van der Waals surface area contributed by atoms with Crippen molar-refractivity contribution in [2.24, 2.45) is 17.6 Å². The SMILES string of the molecule is CC(C)C1(F)CCCC2SC(N)=C(C#N)C21. The molecule has 2 rings (SSSR count). The van der Waals surface area contributed by atoms with Crippen LogP contribution in [0, 0.1) is 23.2 Å². The normalized spacial score (nSPS) is 38.7. The zero-order valence-corrected chi connectivity index (χ0v) is 10.5. The number of alkyl halides is 1. The second-order valence-electron chi connectivity index (χ2n) is 5.00. The van der Waals surface area contributed by atoms with E-state index in [1.54, 1.807) is 0 Å². The highest BCUT2D eigenvalue weighted by molar-refractivity contribution is 8.03. The summed E-state index contributed by atoms with van der Waals surface area (Å²) in [6.07, 6.45) is 2.43. The third-order valence-corrected chi connectivity index (χ3v) is 5.16. The van der Waals surface area contributed by atoms with E-state index < -0.39 is 5.67 Å². The van der Waals surface area contributed by atoms with Crippen LogP contribution < -0.4 is 5.73 Å². The van der Waals surface area contributed by atoms with Gasteiger partial charge in [-0.25, -0.2) is 4.39 Å². The van der Waals surface area contributed by atoms with E-state index >= 15 is 4.39 Å². The number of rotatable bonds is 1. The minimum absolute atomic E-state index is 0.0600. The van der Waals surface area contributed by atoms with Crippen molar-refractivity contribution in [2.45, 2.75) is 44.0 Å². The van der Waals surface area contributed by atoms with Gasteiger partial charge in [-0.3, -0.25) is 0 Å². The van der Waals surface area contributed by atoms with E-state index in [2.05, 4.69) is 6.07 Å². The van der Waals surface area contributed by atoms with Crippen LogP contribution in [0.2, 0.25) is 0 Å². The van der Waals surface area contributed by atoms with Crippen molar-refractivity contribution in [3.05, 3.63) is 10.6 Å². The third-order valence-electron chi connectivity index (χ3n) is 3.87. The lowest BCUT2D eigenvalue weighted by Gasteiger charge is -2.42. The summed E-state index contributed by atoms with van der Waals surface area (Å²) >= 11 is 1.50. The Morgan fingerprint density at radius 2 is 2.31 bits per heavy atom. The first-order chi connectivity index (χ1) is 7.50. The molecule has 0 bridgehead atoms. The topological polar surface area (TPSA) is 49.8 Å². The second-order valence-corrected chi connectivity index (χ2v) is 6.28. The van der Waals surface area contributed by atoms with Gasteiger partial charge in [0.2, 0.25) is 0 Å². The van der Waals surface area contributed by atoms with Crippen LogP contribution in [-0.2, 0) is 0 Å². The third kappa shape index (κ3) is 1.53. The summed E-state index contributed by atoms with van der Waals surface area (Å²) in [5.41, 5.74) is 5.07. The van der Waals surface area contributed by atoms with E-state index in [4.69, 9.17) is 11.0 Å². The largest absolute Gasteiger partial charge is 0.393 e. The molecule has 3 unspecified atom stereocenters. The molecule has 0 saturated heterocycles. The molecule has 0 aromatic carbocycles. The first-order valence-electron chi connectivity index (χ1n) is 5.76. The van der Waals surface area contributed by atoms with Crippen LogP contribution >= 0.6 is 11.8 Å². The lowest BCUT2D eigenvalue weighted by molar-refractivity contribution is 0.0176. The van der Waals surface area contributed by atoms with Crippen LogP contribution in [0.25, 0.3) is 0 Å². The molecule has 0 spiro atoms. The molecule has 1 fully saturated rings. The predicted octanol–water partition coefficient (Wildman–Crippen LogP) is 2.96. The summed E-state index contributed by atoms with van der Waals surface area (Å²) < 4.78 is 15.0. The van der Waals surface area contributed by atoms with E-state index in [9.17, 15) is 0 Å². The van der Waals surface area contributed by atoms with E-state index in [1.807, 2.05) is 13.8 Å². The van der Waals surface area contributed by atoms with Crippen molar-refractivity contribution < 1.29 is 4.39 Å². The molecule has 4 heteroatoms. The molecule has 16 heavy (non-hydrogen) atoms. The lowest BCUT2D eigenvalue weighted by Crippen LogP contribution is -2.46. The monoisotopic (exact) mass is 240 g/mol. The fourth-order valence-corrected chi connectivity index (χ4v) is 4.32. The summed E-state index contributed by atoms with van der Waals surface area (Å²) in [6, 6.07) is 2.12. The van der Waals surface area contributed by atoms with Gasteiger partial charge in [0.05, 0.1) is 16.7 Å². The highest BCUT2D eigenvalue weighted by atomic mass is 32.2. The molecular formula is C12H17FN2S. The summed E-state index contributed by atoms with van der Waals surface area (Å²) in [5.74, 6) is -0.341. The van der Waals surface area contributed by atoms with Gasteiger partial charge >= 0.3 is 0 Å². The van der Waals surface area contributed by atoms with Crippen LogP contribution in [0.1, 0.15) is 33.1 Å². The molecule has 1 aliphatic carbocycles. The van der Waals surface area contributed by atoms with Gasteiger partial charge in [-0.1, -0.05) is 13.8 Å². The average Bonchev–Trinajstić information content (AvgIpc) is 2.55. The van der Waals surface area contributed by atoms with Crippen molar-refractivity contribution in [3.63, 3.8) is 0 Å². The average molecular weight is 240 g/mol. The molecule has 2 N–H and O–H groups in total. The molecule has 0 radical (unpaired) electrons. The van der Waals surface area contributed by atoms with Gasteiger partial charge < -0.3 is 5.73 Å². The number of thioether (sulfide) groups is 1. The van der Waals surface area contributed by atoms with Crippen molar-refractivity contribution in [3.8, 4) is 6.07 Å². The summed E-state index contributed by atoms with van der Waals surface area (Å²) in [4.78, 5) is 0. The number of nitrogens with two attached hydrogens (primary N) is 1. The number of allylic oxidation sites excluding steroid dienone is 1. The Morgan fingerprint density at radius 3 is 2.88 bits per heavy atom. The van der Waals surface area contributed by atoms with E-state index in [0.717, 1.165) is 12.8 Å². The number of halogens is 1. The molecule has 0 amide bonds. The highest BCUT2D eigenvalue weighted by Crippen LogP contribution is 2.55. The number of nitriles is 1. The van der Waals surface area contributed by atoms with Crippen LogP contribution in [0.4, 0.5) is 4.39 Å². The maximum Gasteiger partial charge on any atom is 0.122 e. The van der Waals surface area contributed by atoms with Gasteiger partial charge in [0, 0.05) is 11.2 Å². The maximum atomic E-state index is 15.0. The van der Waals surface area contributed by atoms with E-state index in [-0.39, 0.29) is 17.1 Å². The Balaban J connectivity index is 2.40. The maximum absolute atomic E-state index is 15.0. The number of fused-ring (bicyclic) bond motifs is 1. The minimum Gasteiger partial charge on any atom is -0.393 e. The predicted molar refractivity (Wildman–Crippen MR) is 64.2 cm³/mol. The lowest BCUT2D eigenvalue weighted by atomic mass is 9.68. The molecule has 3 atom stereocenters. The molecule has 2 aliphatic rings. The Bertz CT molecular complexity index is 372. The summed E-state index contributed by atoms with van der Waals surface area (Å²) in [5, 5.41) is 9.84. The molecule has 1 aliphatic heterocycles. The van der Waals surface area contributed by atoms with Crippen LogP contribution in [0.3, 0.4) is 0 Å². The van der Waals surface area contributed by atoms with Crippen LogP contribution in [-0.4, -0.2) is 10.9 Å². The van der Waals surface area contributed by atoms with Crippen molar-refractivity contribution in [2.75, 3.05) is 0 Å². The van der Waals surface area contributed by atoms with Crippen LogP contribution in [0.15, 0.2) is 10.6 Å². The highest BCUT2D eigenvalue weighted by Gasteiger charge is 2.53. The van der Waals surface area contributed by atoms with Crippen molar-refractivity contribution >= 4 is 11.8 Å². The van der Waals surface area contributed by atoms with Crippen molar-refractivity contribution in [1.29, 1.82) is 5.26 Å². The fraction of sp³-hybridized carbons (Fsp3) is 0.750. The van der Waals surface area contributed by atoms with Crippen molar-refractivity contribution in [1.82, 2.24) is 0 Å². The van der Waals surface area contributed by atoms with Crippen LogP contribution in [0.5, 0.6) is 0 Å². The molecular weight excluding hydrogens is 223 g/mol. The zero-order chi connectivity index (χ0) is 11.9. The van der Waals surface area contributed by atoms with Gasteiger partial charge in [-0.2, -0.15) is 5.26 Å². The number of hydrogen-bond donors (Lipinski definition) is 1. The molecule has 2 nitrogen and oxygen atoms in total. The Labute approximate surface area is 100 Å². The Kier molecular flexibility index (Phi) is 2.91. The fourth-order valence-electron chi connectivity index (χ4n) is 2.91. The quantitative estimate of drug-likeness (QED) is 0.766. The first kappa shape index (κ1) is 11.8. The van der Waals surface area contributed by atoms with Gasteiger partial charge in [0.1, 0.15) is 5.67 Å². The second kappa shape index (κ2) is 3.96. The molecule has 1 saturated carbocycles. The van der Waals surface area contributed by atoms with Gasteiger partial charge in [-0.15, -0.1) is 11.8 Å². The van der Waals surface area contributed by atoms with E-state index in [1.165, 1.54) is 11.8 Å². The molecule has 0 aromatic rings. The van der Waals surface area contributed by atoms with E-state index in [0.29, 0.717) is 17.0 Å². The molecule has 0 aromatic heterocycles. The molecule has 88 valence electrons.